The van der Waals surface area contributed by atoms with Crippen LogP contribution < -0.4 is 5.32 Å². The molecule has 0 unspecified atom stereocenters. The largest absolute Gasteiger partial charge is 0.348 e. The molecule has 1 aromatic heterocycles. The Labute approximate surface area is 98.7 Å². The molecule has 86 valence electrons. The summed E-state index contributed by atoms with van der Waals surface area (Å²) >= 11 is 3.45. The topological polar surface area (TPSA) is 60.5 Å². The van der Waals surface area contributed by atoms with Gasteiger partial charge in [-0.05, 0) is 30.5 Å². The number of aromatic nitrogens is 1. The smallest absolute Gasteiger partial charge is 0.270 e. The zero-order valence-corrected chi connectivity index (χ0v) is 9.44. The van der Waals surface area contributed by atoms with E-state index >= 15 is 0 Å². The first-order valence-electron chi connectivity index (χ1n) is 4.98. The molecule has 1 aliphatic carbocycles. The number of amides is 1. The summed E-state index contributed by atoms with van der Waals surface area (Å²) in [7, 11) is 0. The summed E-state index contributed by atoms with van der Waals surface area (Å²) in [6.45, 7) is 0.232. The van der Waals surface area contributed by atoms with Crippen LogP contribution in [0.25, 0.3) is 0 Å². The van der Waals surface area contributed by atoms with E-state index in [0.717, 1.165) is 18.4 Å². The molecule has 2 rings (SSSR count). The van der Waals surface area contributed by atoms with Crippen LogP contribution >= 0.6 is 12.9 Å². The Balaban J connectivity index is 1.99. The van der Waals surface area contributed by atoms with E-state index < -0.39 is 0 Å². The molecule has 16 heavy (non-hydrogen) atoms. The van der Waals surface area contributed by atoms with Crippen molar-refractivity contribution in [2.75, 3.05) is 0 Å². The predicted octanol–water partition coefficient (Wildman–Crippen LogP) is 1.27. The Morgan fingerprint density at radius 2 is 2.44 bits per heavy atom. The van der Waals surface area contributed by atoms with E-state index in [1.165, 1.54) is 0 Å². The molecule has 0 bridgehead atoms. The van der Waals surface area contributed by atoms with E-state index in [2.05, 4.69) is 32.4 Å². The van der Waals surface area contributed by atoms with Crippen LogP contribution in [0.1, 0.15) is 28.9 Å². The normalized spacial score (nSPS) is 14.8. The van der Waals surface area contributed by atoms with Gasteiger partial charge in [0.1, 0.15) is 12.3 Å². The Kier molecular flexibility index (Phi) is 3.76. The van der Waals surface area contributed by atoms with Crippen molar-refractivity contribution in [3.8, 4) is 0 Å². The molecule has 1 fully saturated rings. The fourth-order valence-corrected chi connectivity index (χ4v) is 1.32. The maximum atomic E-state index is 11.7. The van der Waals surface area contributed by atoms with Gasteiger partial charge >= 0.3 is 0 Å². The summed E-state index contributed by atoms with van der Waals surface area (Å²) in [4.78, 5) is 20.3. The van der Waals surface area contributed by atoms with E-state index in [-0.39, 0.29) is 12.5 Å². The van der Waals surface area contributed by atoms with E-state index in [1.54, 1.807) is 18.3 Å². The highest BCUT2D eigenvalue weighted by Crippen LogP contribution is 2.19. The zero-order valence-electron chi connectivity index (χ0n) is 8.55. The SMILES string of the molecule is O=C(NC1CC1)c1cc(COOS)ccn1. The molecule has 5 nitrogen and oxygen atoms in total. The summed E-state index contributed by atoms with van der Waals surface area (Å²) in [6, 6.07) is 3.75. The molecule has 1 saturated carbocycles. The van der Waals surface area contributed by atoms with Crippen molar-refractivity contribution in [1.29, 1.82) is 0 Å². The van der Waals surface area contributed by atoms with E-state index in [1.807, 2.05) is 0 Å². The van der Waals surface area contributed by atoms with Gasteiger partial charge in [-0.2, -0.15) is 4.33 Å². The van der Waals surface area contributed by atoms with Gasteiger partial charge in [0.05, 0.1) is 0 Å². The molecule has 0 aromatic carbocycles. The third-order valence-corrected chi connectivity index (χ3v) is 2.35. The fraction of sp³-hybridized carbons (Fsp3) is 0.400. The van der Waals surface area contributed by atoms with Gasteiger partial charge in [-0.25, -0.2) is 4.89 Å². The standard InChI is InChI=1S/C10H12N2O3S/c13-10(12-8-1-2-8)9-5-7(3-4-11-9)6-14-15-16/h3-5,8,16H,1-2,6H2,(H,12,13). The Hall–Kier alpha value is -1.11. The third-order valence-electron chi connectivity index (χ3n) is 2.25. The van der Waals surface area contributed by atoms with Crippen molar-refractivity contribution >= 4 is 18.8 Å². The predicted molar refractivity (Wildman–Crippen MR) is 59.6 cm³/mol. The summed E-state index contributed by atoms with van der Waals surface area (Å²) in [5.74, 6) is -0.142. The third kappa shape index (κ3) is 3.19. The Morgan fingerprint density at radius 3 is 3.12 bits per heavy atom. The average molecular weight is 240 g/mol. The first-order valence-corrected chi connectivity index (χ1v) is 5.35. The van der Waals surface area contributed by atoms with Crippen LogP contribution in [-0.2, 0) is 15.8 Å². The highest BCUT2D eigenvalue weighted by Gasteiger charge is 2.24. The summed E-state index contributed by atoms with van der Waals surface area (Å²) in [5, 5.41) is 2.86. The van der Waals surface area contributed by atoms with Crippen LogP contribution in [0.4, 0.5) is 0 Å². The van der Waals surface area contributed by atoms with Crippen molar-refractivity contribution in [3.63, 3.8) is 0 Å². The maximum absolute atomic E-state index is 11.7. The first kappa shape index (κ1) is 11.4. The number of carbonyl (C=O) groups is 1. The minimum absolute atomic E-state index is 0.142. The van der Waals surface area contributed by atoms with E-state index in [4.69, 9.17) is 0 Å². The van der Waals surface area contributed by atoms with Crippen LogP contribution in [0.2, 0.25) is 0 Å². The highest BCUT2D eigenvalue weighted by molar-refractivity contribution is 7.74. The van der Waals surface area contributed by atoms with Crippen molar-refractivity contribution < 1.29 is 14.0 Å². The molecule has 1 aliphatic rings. The monoisotopic (exact) mass is 240 g/mol. The van der Waals surface area contributed by atoms with Gasteiger partial charge in [0.2, 0.25) is 0 Å². The van der Waals surface area contributed by atoms with Crippen LogP contribution in [0, 0.1) is 0 Å². The van der Waals surface area contributed by atoms with E-state index in [9.17, 15) is 4.79 Å². The molecular weight excluding hydrogens is 228 g/mol. The van der Waals surface area contributed by atoms with Crippen LogP contribution in [0.15, 0.2) is 18.3 Å². The second-order valence-electron chi connectivity index (χ2n) is 3.63. The molecule has 0 aliphatic heterocycles. The van der Waals surface area contributed by atoms with Crippen LogP contribution in [-0.4, -0.2) is 16.9 Å². The minimum Gasteiger partial charge on any atom is -0.348 e. The molecule has 0 atom stereocenters. The van der Waals surface area contributed by atoms with E-state index in [0.29, 0.717) is 11.7 Å². The molecular formula is C10H12N2O3S. The molecule has 0 spiro atoms. The maximum Gasteiger partial charge on any atom is 0.270 e. The van der Waals surface area contributed by atoms with Gasteiger partial charge in [-0.3, -0.25) is 9.78 Å². The van der Waals surface area contributed by atoms with Gasteiger partial charge in [-0.15, -0.1) is 0 Å². The lowest BCUT2D eigenvalue weighted by atomic mass is 10.2. The lowest BCUT2D eigenvalue weighted by Crippen LogP contribution is -2.26. The van der Waals surface area contributed by atoms with Crippen molar-refractivity contribution in [1.82, 2.24) is 10.3 Å². The molecule has 6 heteroatoms. The molecule has 1 amide bonds. The summed E-state index contributed by atoms with van der Waals surface area (Å²) in [6.07, 6.45) is 3.68. The molecule has 1 aromatic rings. The number of nitrogens with one attached hydrogen (secondary N) is 1. The fourth-order valence-electron chi connectivity index (χ4n) is 1.27. The minimum atomic E-state index is -0.142. The number of carbonyl (C=O) groups excluding carboxylic acids is 1. The number of nitrogens with zero attached hydrogens (tertiary/aromatic N) is 1. The number of pyridine rings is 1. The van der Waals surface area contributed by atoms with Crippen molar-refractivity contribution in [2.24, 2.45) is 0 Å². The highest BCUT2D eigenvalue weighted by atomic mass is 32.1. The van der Waals surface area contributed by atoms with Gasteiger partial charge in [0, 0.05) is 25.1 Å². The van der Waals surface area contributed by atoms with Crippen LogP contribution in [0.5, 0.6) is 0 Å². The van der Waals surface area contributed by atoms with Crippen LogP contribution in [0.3, 0.4) is 0 Å². The number of rotatable bonds is 5. The van der Waals surface area contributed by atoms with Gasteiger partial charge in [0.15, 0.2) is 0 Å². The first-order chi connectivity index (χ1) is 7.79. The Bertz CT molecular complexity index is 382. The average Bonchev–Trinajstić information content (AvgIpc) is 3.10. The molecule has 0 saturated heterocycles. The number of hydrogen-bond donors (Lipinski definition) is 2. The summed E-state index contributed by atoms with van der Waals surface area (Å²) < 4.78 is 4.19. The van der Waals surface area contributed by atoms with Crippen molar-refractivity contribution in [2.45, 2.75) is 25.5 Å². The van der Waals surface area contributed by atoms with Gasteiger partial charge < -0.3 is 5.32 Å². The second-order valence-corrected chi connectivity index (χ2v) is 3.78. The quantitative estimate of drug-likeness (QED) is 0.352. The lowest BCUT2D eigenvalue weighted by molar-refractivity contribution is -0.199. The lowest BCUT2D eigenvalue weighted by Gasteiger charge is -2.04. The molecule has 0 radical (unpaired) electrons. The molecule has 1 heterocycles. The number of thiol groups is 1. The molecule has 1 N–H and O–H groups in total. The second kappa shape index (κ2) is 5.29. The zero-order chi connectivity index (χ0) is 11.4. The van der Waals surface area contributed by atoms with Gasteiger partial charge in [-0.1, -0.05) is 0 Å². The van der Waals surface area contributed by atoms with Gasteiger partial charge in [0.25, 0.3) is 5.91 Å². The number of hydrogen-bond acceptors (Lipinski definition) is 5. The van der Waals surface area contributed by atoms with Crippen molar-refractivity contribution in [3.05, 3.63) is 29.6 Å². The summed E-state index contributed by atoms with van der Waals surface area (Å²) in [5.41, 5.74) is 1.21. The Morgan fingerprint density at radius 1 is 1.62 bits per heavy atom.